The van der Waals surface area contributed by atoms with E-state index >= 15 is 0 Å². The van der Waals surface area contributed by atoms with Gasteiger partial charge in [0.25, 0.3) is 0 Å². The number of nitrogens with zero attached hydrogens (tertiary/aromatic N) is 3. The largest absolute Gasteiger partial charge is 0.497 e. The minimum Gasteiger partial charge on any atom is -0.497 e. The number of methoxy groups -OCH3 is 1. The molecule has 0 saturated carbocycles. The van der Waals surface area contributed by atoms with Crippen LogP contribution in [0.2, 0.25) is 0 Å². The smallest absolute Gasteiger partial charge is 0.321 e. The van der Waals surface area contributed by atoms with Crippen molar-refractivity contribution in [1.29, 1.82) is 0 Å². The van der Waals surface area contributed by atoms with Gasteiger partial charge in [-0.05, 0) is 91.3 Å². The molecule has 0 aliphatic carbocycles. The van der Waals surface area contributed by atoms with E-state index in [1.54, 1.807) is 7.11 Å². The molecule has 2 aliphatic rings. The lowest BCUT2D eigenvalue weighted by atomic mass is 9.55. The third-order valence-electron chi connectivity index (χ3n) is 12.0. The minimum absolute atomic E-state index is 0.0309. The molecule has 0 radical (unpaired) electrons. The third-order valence-corrected chi connectivity index (χ3v) is 12.0. The maximum absolute atomic E-state index is 14.4. The monoisotopic (exact) mass is 750 g/mol. The highest BCUT2D eigenvalue weighted by Crippen LogP contribution is 2.56. The third kappa shape index (κ3) is 7.69. The number of amides is 2. The predicted molar refractivity (Wildman–Crippen MR) is 231 cm³/mol. The van der Waals surface area contributed by atoms with E-state index in [2.05, 4.69) is 156 Å². The highest BCUT2D eigenvalue weighted by atomic mass is 16.5. The van der Waals surface area contributed by atoms with E-state index < -0.39 is 5.41 Å². The molecule has 6 heteroatoms. The molecule has 0 spiro atoms. The summed E-state index contributed by atoms with van der Waals surface area (Å²) < 4.78 is 5.38. The number of hydrogen-bond donors (Lipinski definition) is 1. The van der Waals surface area contributed by atoms with Crippen molar-refractivity contribution in [3.05, 3.63) is 203 Å². The van der Waals surface area contributed by atoms with E-state index in [-0.39, 0.29) is 30.1 Å². The Labute approximate surface area is 337 Å². The van der Waals surface area contributed by atoms with Crippen molar-refractivity contribution in [1.82, 2.24) is 14.7 Å². The molecule has 2 aliphatic heterocycles. The second-order valence-corrected chi connectivity index (χ2v) is 15.4. The maximum atomic E-state index is 14.4. The lowest BCUT2D eigenvalue weighted by Gasteiger charge is -2.64. The lowest BCUT2D eigenvalue weighted by Crippen LogP contribution is -2.73. The normalized spacial score (nSPS) is 19.5. The van der Waals surface area contributed by atoms with Crippen LogP contribution in [0.25, 0.3) is 0 Å². The van der Waals surface area contributed by atoms with Gasteiger partial charge in [-0.2, -0.15) is 0 Å². The Kier molecular flexibility index (Phi) is 11.2. The summed E-state index contributed by atoms with van der Waals surface area (Å²) in [5.74, 6) is 7.55. The molecule has 6 aromatic carbocycles. The van der Waals surface area contributed by atoms with E-state index in [0.717, 1.165) is 35.5 Å². The first kappa shape index (κ1) is 37.8. The number of carbonyl (C=O) groups is 1. The lowest BCUT2D eigenvalue weighted by molar-refractivity contribution is -0.0656. The van der Waals surface area contributed by atoms with Crippen LogP contribution in [0, 0.1) is 11.8 Å². The molecule has 57 heavy (non-hydrogen) atoms. The Morgan fingerprint density at radius 3 is 1.68 bits per heavy atom. The van der Waals surface area contributed by atoms with Gasteiger partial charge >= 0.3 is 6.03 Å². The van der Waals surface area contributed by atoms with E-state index in [4.69, 9.17) is 4.74 Å². The van der Waals surface area contributed by atoms with E-state index in [9.17, 15) is 4.79 Å². The first-order valence-corrected chi connectivity index (χ1v) is 19.9. The zero-order valence-electron chi connectivity index (χ0n) is 33.0. The van der Waals surface area contributed by atoms with Gasteiger partial charge in [-0.1, -0.05) is 133 Å². The zero-order chi connectivity index (χ0) is 39.2. The zero-order valence-corrected chi connectivity index (χ0v) is 33.0. The second kappa shape index (κ2) is 16.9. The van der Waals surface area contributed by atoms with E-state index in [1.165, 1.54) is 22.3 Å². The second-order valence-electron chi connectivity index (χ2n) is 15.4. The van der Waals surface area contributed by atoms with Gasteiger partial charge in [0.15, 0.2) is 0 Å². The first-order valence-electron chi connectivity index (χ1n) is 19.9. The molecular formula is C51H50N4O2. The summed E-state index contributed by atoms with van der Waals surface area (Å²) in [5.41, 5.74) is 7.19. The van der Waals surface area contributed by atoms with Crippen LogP contribution in [-0.2, 0) is 5.41 Å². The van der Waals surface area contributed by atoms with Gasteiger partial charge in [0.2, 0.25) is 0 Å². The van der Waals surface area contributed by atoms with Crippen LogP contribution < -0.4 is 10.1 Å². The number of fused-ring (bicyclic) bond motifs is 1. The van der Waals surface area contributed by atoms with Gasteiger partial charge in [-0.15, -0.1) is 0 Å². The van der Waals surface area contributed by atoms with Crippen LogP contribution in [0.1, 0.15) is 45.7 Å². The first-order chi connectivity index (χ1) is 27.9. The molecule has 0 bridgehead atoms. The number of hydrogen-bond acceptors (Lipinski definition) is 4. The topological polar surface area (TPSA) is 48.1 Å². The van der Waals surface area contributed by atoms with Crippen molar-refractivity contribution in [2.24, 2.45) is 0 Å². The van der Waals surface area contributed by atoms with E-state index in [0.29, 0.717) is 13.1 Å². The fraction of sp³-hybridized carbons (Fsp3) is 0.235. The molecule has 4 atom stereocenters. The Morgan fingerprint density at radius 2 is 1.18 bits per heavy atom. The summed E-state index contributed by atoms with van der Waals surface area (Å²) in [4.78, 5) is 21.4. The van der Waals surface area contributed by atoms with Crippen molar-refractivity contribution < 1.29 is 9.53 Å². The van der Waals surface area contributed by atoms with Crippen LogP contribution >= 0.6 is 0 Å². The molecule has 2 heterocycles. The Balaban J connectivity index is 1.27. The molecular weight excluding hydrogens is 701 g/mol. The summed E-state index contributed by atoms with van der Waals surface area (Å²) in [6, 6.07) is 59.9. The molecule has 2 fully saturated rings. The van der Waals surface area contributed by atoms with Gasteiger partial charge < -0.3 is 19.9 Å². The number of likely N-dealkylation sites (N-methyl/N-ethyl adjacent to an activating group) is 1. The molecule has 2 amide bonds. The number of ether oxygens (including phenoxy) is 1. The Bertz CT molecular complexity index is 2190. The average molecular weight is 751 g/mol. The van der Waals surface area contributed by atoms with Crippen molar-refractivity contribution >= 4 is 11.7 Å². The number of urea groups is 1. The molecule has 8 rings (SSSR count). The fourth-order valence-electron chi connectivity index (χ4n) is 9.15. The van der Waals surface area contributed by atoms with Crippen LogP contribution in [0.5, 0.6) is 5.75 Å². The molecule has 6 aromatic rings. The summed E-state index contributed by atoms with van der Waals surface area (Å²) in [7, 11) is 5.91. The van der Waals surface area contributed by atoms with Crippen LogP contribution in [0.3, 0.4) is 0 Å². The van der Waals surface area contributed by atoms with Gasteiger partial charge in [-0.25, -0.2) is 4.79 Å². The minimum atomic E-state index is -0.528. The van der Waals surface area contributed by atoms with Gasteiger partial charge in [-0.3, -0.25) is 4.90 Å². The highest BCUT2D eigenvalue weighted by molar-refractivity contribution is 5.89. The standard InChI is InChI=1S/C51H50N4O2/c1-53(2)45-34-35-55-47(37-54(36-45)50(56)52-44-30-32-46(57-3)33-31-44)48(40-28-26-39(27-29-40)25-24-38-16-8-4-9-17-38)49(55)51(41-18-10-5-11-19-41,42-20-12-6-13-21-42)43-22-14-7-15-23-43/h4-23,26-33,45,47-49H,34-37H2,1-3H3,(H,52,56)/t45-,47-,48-,49-/m0/s1. The Morgan fingerprint density at radius 1 is 0.667 bits per heavy atom. The van der Waals surface area contributed by atoms with Crippen LogP contribution in [-0.4, -0.2) is 79.7 Å². The quantitative estimate of drug-likeness (QED) is 0.125. The van der Waals surface area contributed by atoms with Gasteiger partial charge in [0.1, 0.15) is 5.75 Å². The molecule has 286 valence electrons. The number of benzene rings is 6. The maximum Gasteiger partial charge on any atom is 0.321 e. The molecule has 6 nitrogen and oxygen atoms in total. The summed E-state index contributed by atoms with van der Waals surface area (Å²) in [6.07, 6.45) is 0.918. The number of anilines is 1. The number of carbonyl (C=O) groups excluding carboxylic acids is 1. The molecule has 0 unspecified atom stereocenters. The van der Waals surface area contributed by atoms with Crippen molar-refractivity contribution in [3.63, 3.8) is 0 Å². The van der Waals surface area contributed by atoms with Crippen molar-refractivity contribution in [3.8, 4) is 17.6 Å². The number of nitrogens with one attached hydrogen (secondary N) is 1. The van der Waals surface area contributed by atoms with Crippen LogP contribution in [0.15, 0.2) is 170 Å². The van der Waals surface area contributed by atoms with Crippen molar-refractivity contribution in [2.75, 3.05) is 46.2 Å². The van der Waals surface area contributed by atoms with Gasteiger partial charge in [0, 0.05) is 60.5 Å². The summed E-state index contributed by atoms with van der Waals surface area (Å²) in [6.45, 7) is 2.11. The number of rotatable bonds is 8. The molecule has 0 aromatic heterocycles. The average Bonchev–Trinajstić information content (AvgIpc) is 3.25. The predicted octanol–water partition coefficient (Wildman–Crippen LogP) is 9.13. The Hall–Kier alpha value is -6.13. The highest BCUT2D eigenvalue weighted by Gasteiger charge is 2.60. The molecule has 1 N–H and O–H groups in total. The van der Waals surface area contributed by atoms with Crippen molar-refractivity contribution in [2.45, 2.75) is 35.9 Å². The molecule has 2 saturated heterocycles. The van der Waals surface area contributed by atoms with Gasteiger partial charge in [0.05, 0.1) is 12.5 Å². The summed E-state index contributed by atoms with van der Waals surface area (Å²) in [5, 5.41) is 3.22. The fourth-order valence-corrected chi connectivity index (χ4v) is 9.15. The summed E-state index contributed by atoms with van der Waals surface area (Å²) >= 11 is 0. The SMILES string of the molecule is COc1ccc(NC(=O)N2C[C@@H](N(C)C)CCN3[C@H](C(c4ccccc4)(c4ccccc4)c4ccccc4)[C@@H](c4ccc(C#Cc5ccccc5)cc4)[C@@H]3C2)cc1. The van der Waals surface area contributed by atoms with E-state index in [1.807, 2.05) is 59.5 Å². The van der Waals surface area contributed by atoms with Crippen LogP contribution in [0.4, 0.5) is 10.5 Å².